The number of β-amino-alcohol motifs (C(OH)–C–C–N with tert-alkyl or cyclic N) is 1. The zero-order chi connectivity index (χ0) is 19.8. The number of aliphatic hydroxyl groups is 1. The molecule has 168 valence electrons. The van der Waals surface area contributed by atoms with Gasteiger partial charge >= 0.3 is 0 Å². The number of benzene rings is 2. The van der Waals surface area contributed by atoms with Crippen LogP contribution in [0.2, 0.25) is 5.02 Å². The van der Waals surface area contributed by atoms with Crippen LogP contribution in [-0.2, 0) is 11.3 Å². The standard InChI is InChI=1S/C23H31ClN2O2.2ClH/c1-2-23(20-6-4-3-5-7-20)28-18-22(27)17-26-14-12-25(13-15-26)16-19-8-10-21(24)11-9-19;;/h3-11,22-23,27H,2,12-18H2,1H3;2*1H. The third-order valence-electron chi connectivity index (χ3n) is 5.29. The quantitative estimate of drug-likeness (QED) is 0.563. The SMILES string of the molecule is CCC(OCC(O)CN1CCN(Cc2ccc(Cl)cc2)CC1)c1ccccc1.Cl.Cl. The lowest BCUT2D eigenvalue weighted by Crippen LogP contribution is -2.48. The Balaban J connectivity index is 0.00000225. The molecule has 4 nitrogen and oxygen atoms in total. The van der Waals surface area contributed by atoms with Gasteiger partial charge in [-0.3, -0.25) is 9.80 Å². The van der Waals surface area contributed by atoms with Crippen LogP contribution >= 0.6 is 36.4 Å². The third kappa shape index (κ3) is 8.72. The number of hydrogen-bond acceptors (Lipinski definition) is 4. The number of piperazine rings is 1. The summed E-state index contributed by atoms with van der Waals surface area (Å²) in [6.07, 6.45) is 0.493. The fourth-order valence-electron chi connectivity index (χ4n) is 3.67. The van der Waals surface area contributed by atoms with Crippen LogP contribution in [0, 0.1) is 0 Å². The Morgan fingerprint density at radius 3 is 2.13 bits per heavy atom. The van der Waals surface area contributed by atoms with Crippen molar-refractivity contribution in [2.24, 2.45) is 0 Å². The van der Waals surface area contributed by atoms with Crippen LogP contribution in [0.4, 0.5) is 0 Å². The Morgan fingerprint density at radius 1 is 0.933 bits per heavy atom. The van der Waals surface area contributed by atoms with Gasteiger partial charge in [-0.05, 0) is 29.7 Å². The van der Waals surface area contributed by atoms with Crippen molar-refractivity contribution >= 4 is 36.4 Å². The molecule has 0 saturated carbocycles. The summed E-state index contributed by atoms with van der Waals surface area (Å²) in [5, 5.41) is 11.2. The van der Waals surface area contributed by atoms with E-state index >= 15 is 0 Å². The van der Waals surface area contributed by atoms with Crippen molar-refractivity contribution in [3.63, 3.8) is 0 Å². The van der Waals surface area contributed by atoms with Gasteiger partial charge in [0.25, 0.3) is 0 Å². The highest BCUT2D eigenvalue weighted by molar-refractivity contribution is 6.30. The fourth-order valence-corrected chi connectivity index (χ4v) is 3.80. The number of nitrogens with zero attached hydrogens (tertiary/aromatic N) is 2. The van der Waals surface area contributed by atoms with Crippen molar-refractivity contribution < 1.29 is 9.84 Å². The van der Waals surface area contributed by atoms with Crippen LogP contribution in [0.5, 0.6) is 0 Å². The van der Waals surface area contributed by atoms with Gasteiger partial charge in [0, 0.05) is 44.3 Å². The molecule has 0 aromatic heterocycles. The maximum Gasteiger partial charge on any atom is 0.0900 e. The van der Waals surface area contributed by atoms with E-state index in [2.05, 4.69) is 41.0 Å². The topological polar surface area (TPSA) is 35.9 Å². The maximum atomic E-state index is 10.4. The Labute approximate surface area is 198 Å². The first-order chi connectivity index (χ1) is 13.6. The highest BCUT2D eigenvalue weighted by atomic mass is 35.5. The van der Waals surface area contributed by atoms with E-state index in [1.165, 1.54) is 11.1 Å². The summed E-state index contributed by atoms with van der Waals surface area (Å²) in [7, 11) is 0. The molecular formula is C23H33Cl3N2O2. The van der Waals surface area contributed by atoms with E-state index in [1.807, 2.05) is 30.3 Å². The monoisotopic (exact) mass is 474 g/mol. The molecule has 1 N–H and O–H groups in total. The van der Waals surface area contributed by atoms with Gasteiger partial charge < -0.3 is 9.84 Å². The minimum absolute atomic E-state index is 0. The molecule has 1 aliphatic rings. The molecule has 0 spiro atoms. The molecule has 0 bridgehead atoms. The van der Waals surface area contributed by atoms with Gasteiger partial charge in [0.1, 0.15) is 0 Å². The molecule has 1 saturated heterocycles. The van der Waals surface area contributed by atoms with E-state index in [9.17, 15) is 5.11 Å². The lowest BCUT2D eigenvalue weighted by molar-refractivity contribution is -0.0284. The van der Waals surface area contributed by atoms with E-state index in [4.69, 9.17) is 16.3 Å². The summed E-state index contributed by atoms with van der Waals surface area (Å²) in [6, 6.07) is 18.3. The van der Waals surface area contributed by atoms with Crippen LogP contribution < -0.4 is 0 Å². The molecule has 0 aliphatic carbocycles. The van der Waals surface area contributed by atoms with Gasteiger partial charge in [-0.25, -0.2) is 0 Å². The summed E-state index contributed by atoms with van der Waals surface area (Å²) >= 11 is 5.96. The lowest BCUT2D eigenvalue weighted by Gasteiger charge is -2.35. The van der Waals surface area contributed by atoms with E-state index in [1.54, 1.807) is 0 Å². The summed E-state index contributed by atoms with van der Waals surface area (Å²) in [5.74, 6) is 0. The minimum atomic E-state index is -0.458. The largest absolute Gasteiger partial charge is 0.389 e. The van der Waals surface area contributed by atoms with Crippen molar-refractivity contribution in [2.45, 2.75) is 32.1 Å². The van der Waals surface area contributed by atoms with Crippen LogP contribution in [-0.4, -0.2) is 60.3 Å². The Kier molecular flexibility index (Phi) is 12.9. The average Bonchev–Trinajstić information content (AvgIpc) is 2.72. The zero-order valence-electron chi connectivity index (χ0n) is 17.5. The van der Waals surface area contributed by atoms with Crippen molar-refractivity contribution in [1.82, 2.24) is 9.80 Å². The van der Waals surface area contributed by atoms with Gasteiger partial charge in [-0.1, -0.05) is 61.0 Å². The lowest BCUT2D eigenvalue weighted by atomic mass is 10.1. The number of ether oxygens (including phenoxy) is 1. The molecule has 7 heteroatoms. The maximum absolute atomic E-state index is 10.4. The van der Waals surface area contributed by atoms with E-state index < -0.39 is 6.10 Å². The highest BCUT2D eigenvalue weighted by Crippen LogP contribution is 2.21. The Hall–Kier alpha value is -0.850. The van der Waals surface area contributed by atoms with E-state index in [0.29, 0.717) is 13.2 Å². The summed E-state index contributed by atoms with van der Waals surface area (Å²) in [6.45, 7) is 8.07. The first kappa shape index (κ1) is 27.2. The molecule has 1 heterocycles. The molecule has 0 radical (unpaired) electrons. The van der Waals surface area contributed by atoms with Gasteiger partial charge in [0.05, 0.1) is 18.8 Å². The molecule has 30 heavy (non-hydrogen) atoms. The second kappa shape index (κ2) is 14.3. The minimum Gasteiger partial charge on any atom is -0.389 e. The van der Waals surface area contributed by atoms with Gasteiger partial charge in [-0.2, -0.15) is 0 Å². The molecule has 1 aliphatic heterocycles. The van der Waals surface area contributed by atoms with Crippen LogP contribution in [0.1, 0.15) is 30.6 Å². The third-order valence-corrected chi connectivity index (χ3v) is 5.54. The van der Waals surface area contributed by atoms with Gasteiger partial charge in [-0.15, -0.1) is 24.8 Å². The zero-order valence-corrected chi connectivity index (χ0v) is 19.8. The van der Waals surface area contributed by atoms with Crippen LogP contribution in [0.25, 0.3) is 0 Å². The Bertz CT molecular complexity index is 695. The molecular weight excluding hydrogens is 443 g/mol. The van der Waals surface area contributed by atoms with Gasteiger partial charge in [0.15, 0.2) is 0 Å². The predicted molar refractivity (Wildman–Crippen MR) is 129 cm³/mol. The normalized spacial score (nSPS) is 16.9. The summed E-state index contributed by atoms with van der Waals surface area (Å²) in [4.78, 5) is 4.78. The first-order valence-corrected chi connectivity index (χ1v) is 10.6. The number of halogens is 3. The van der Waals surface area contributed by atoms with Crippen molar-refractivity contribution in [1.29, 1.82) is 0 Å². The summed E-state index contributed by atoms with van der Waals surface area (Å²) in [5.41, 5.74) is 2.46. The molecule has 2 aromatic rings. The van der Waals surface area contributed by atoms with E-state index in [-0.39, 0.29) is 30.9 Å². The first-order valence-electron chi connectivity index (χ1n) is 10.2. The van der Waals surface area contributed by atoms with Gasteiger partial charge in [0.2, 0.25) is 0 Å². The van der Waals surface area contributed by atoms with Crippen molar-refractivity contribution in [2.75, 3.05) is 39.3 Å². The molecule has 3 rings (SSSR count). The van der Waals surface area contributed by atoms with Crippen LogP contribution in [0.15, 0.2) is 54.6 Å². The second-order valence-electron chi connectivity index (χ2n) is 7.50. The van der Waals surface area contributed by atoms with E-state index in [0.717, 1.165) is 44.2 Å². The van der Waals surface area contributed by atoms with Crippen molar-refractivity contribution in [3.05, 3.63) is 70.7 Å². The number of rotatable bonds is 9. The number of aliphatic hydroxyl groups excluding tert-OH is 1. The predicted octanol–water partition coefficient (Wildman–Crippen LogP) is 4.83. The molecule has 0 amide bonds. The summed E-state index contributed by atoms with van der Waals surface area (Å²) < 4.78 is 5.99. The fraction of sp³-hybridized carbons (Fsp3) is 0.478. The molecule has 2 unspecified atom stereocenters. The van der Waals surface area contributed by atoms with Crippen LogP contribution in [0.3, 0.4) is 0 Å². The average molecular weight is 476 g/mol. The van der Waals surface area contributed by atoms with Crippen molar-refractivity contribution in [3.8, 4) is 0 Å². The molecule has 1 fully saturated rings. The molecule has 2 aromatic carbocycles. The second-order valence-corrected chi connectivity index (χ2v) is 7.93. The Morgan fingerprint density at radius 2 is 1.53 bits per heavy atom. The smallest absolute Gasteiger partial charge is 0.0900 e. The number of hydrogen-bond donors (Lipinski definition) is 1. The highest BCUT2D eigenvalue weighted by Gasteiger charge is 2.20. The molecule has 2 atom stereocenters.